The Morgan fingerprint density at radius 1 is 1.32 bits per heavy atom. The summed E-state index contributed by atoms with van der Waals surface area (Å²) in [6.45, 7) is 0. The Bertz CT molecular complexity index is 648. The standard InChI is InChI=1S/C13H9ClN4O/c1-18(10-4-2-3-9(7-10)8-15)13(19)11-5-6-12(14)17-16-11/h2-7H,1H3. The number of hydrogen-bond acceptors (Lipinski definition) is 4. The molecule has 0 radical (unpaired) electrons. The van der Waals surface area contributed by atoms with Gasteiger partial charge in [0.1, 0.15) is 0 Å². The van der Waals surface area contributed by atoms with Gasteiger partial charge in [0.2, 0.25) is 0 Å². The molecule has 0 saturated carbocycles. The molecule has 0 spiro atoms. The molecule has 0 unspecified atom stereocenters. The molecule has 2 rings (SSSR count). The summed E-state index contributed by atoms with van der Waals surface area (Å²) in [7, 11) is 1.61. The maximum absolute atomic E-state index is 12.2. The Balaban J connectivity index is 2.28. The fraction of sp³-hybridized carbons (Fsp3) is 0.0769. The number of hydrogen-bond donors (Lipinski definition) is 0. The van der Waals surface area contributed by atoms with Crippen LogP contribution in [0.5, 0.6) is 0 Å². The average Bonchev–Trinajstić information content (AvgIpc) is 2.46. The van der Waals surface area contributed by atoms with Crippen molar-refractivity contribution in [1.29, 1.82) is 5.26 Å². The molecular weight excluding hydrogens is 264 g/mol. The molecule has 0 aliphatic carbocycles. The van der Waals surface area contributed by atoms with Crippen LogP contribution in [0.1, 0.15) is 16.1 Å². The summed E-state index contributed by atoms with van der Waals surface area (Å²) >= 11 is 5.62. The van der Waals surface area contributed by atoms with Gasteiger partial charge in [-0.05, 0) is 30.3 Å². The van der Waals surface area contributed by atoms with Gasteiger partial charge >= 0.3 is 0 Å². The largest absolute Gasteiger partial charge is 0.310 e. The van der Waals surface area contributed by atoms with E-state index in [4.69, 9.17) is 16.9 Å². The number of anilines is 1. The number of rotatable bonds is 2. The van der Waals surface area contributed by atoms with Crippen molar-refractivity contribution in [3.8, 4) is 6.07 Å². The van der Waals surface area contributed by atoms with Crippen LogP contribution in [0.3, 0.4) is 0 Å². The lowest BCUT2D eigenvalue weighted by molar-refractivity contribution is 0.0987. The Morgan fingerprint density at radius 3 is 2.74 bits per heavy atom. The molecule has 1 amide bonds. The highest BCUT2D eigenvalue weighted by atomic mass is 35.5. The van der Waals surface area contributed by atoms with Crippen molar-refractivity contribution in [3.63, 3.8) is 0 Å². The van der Waals surface area contributed by atoms with E-state index in [9.17, 15) is 4.79 Å². The summed E-state index contributed by atoms with van der Waals surface area (Å²) in [4.78, 5) is 13.6. The summed E-state index contributed by atoms with van der Waals surface area (Å²) in [5.41, 5.74) is 1.29. The second kappa shape index (κ2) is 5.46. The number of halogens is 1. The van der Waals surface area contributed by atoms with E-state index in [1.165, 1.54) is 17.0 Å². The average molecular weight is 273 g/mol. The van der Waals surface area contributed by atoms with Crippen LogP contribution in [-0.2, 0) is 0 Å². The SMILES string of the molecule is CN(C(=O)c1ccc(Cl)nn1)c1cccc(C#N)c1. The summed E-state index contributed by atoms with van der Waals surface area (Å²) in [5.74, 6) is -0.320. The third-order valence-electron chi connectivity index (χ3n) is 2.52. The molecule has 0 aliphatic rings. The number of carbonyl (C=O) groups excluding carboxylic acids is 1. The first-order chi connectivity index (χ1) is 9.11. The molecule has 6 heteroatoms. The maximum atomic E-state index is 12.2. The zero-order valence-electron chi connectivity index (χ0n) is 10.0. The predicted molar refractivity (Wildman–Crippen MR) is 70.9 cm³/mol. The minimum atomic E-state index is -0.320. The number of benzene rings is 1. The highest BCUT2D eigenvalue weighted by molar-refractivity contribution is 6.29. The number of amides is 1. The first kappa shape index (κ1) is 13.0. The van der Waals surface area contributed by atoms with Gasteiger partial charge in [-0.15, -0.1) is 10.2 Å². The lowest BCUT2D eigenvalue weighted by Crippen LogP contribution is -2.27. The number of nitriles is 1. The fourth-order valence-corrected chi connectivity index (χ4v) is 1.60. The highest BCUT2D eigenvalue weighted by Gasteiger charge is 2.15. The van der Waals surface area contributed by atoms with Gasteiger partial charge in [-0.2, -0.15) is 5.26 Å². The molecular formula is C13H9ClN4O. The highest BCUT2D eigenvalue weighted by Crippen LogP contribution is 2.16. The topological polar surface area (TPSA) is 69.9 Å². The van der Waals surface area contributed by atoms with Crippen LogP contribution in [0, 0.1) is 11.3 Å². The summed E-state index contributed by atoms with van der Waals surface area (Å²) in [6, 6.07) is 11.8. The van der Waals surface area contributed by atoms with Crippen LogP contribution in [0.2, 0.25) is 5.15 Å². The van der Waals surface area contributed by atoms with Crippen LogP contribution in [0.25, 0.3) is 0 Å². The second-order valence-corrected chi connectivity index (χ2v) is 4.15. The van der Waals surface area contributed by atoms with E-state index in [2.05, 4.69) is 10.2 Å². The number of carbonyl (C=O) groups is 1. The van der Waals surface area contributed by atoms with Crippen molar-refractivity contribution >= 4 is 23.2 Å². The zero-order chi connectivity index (χ0) is 13.8. The molecule has 0 N–H and O–H groups in total. The van der Waals surface area contributed by atoms with Gasteiger partial charge in [-0.3, -0.25) is 4.79 Å². The smallest absolute Gasteiger partial charge is 0.278 e. The molecule has 19 heavy (non-hydrogen) atoms. The molecule has 1 aromatic heterocycles. The fourth-order valence-electron chi connectivity index (χ4n) is 1.50. The molecule has 0 saturated heterocycles. The molecule has 2 aromatic rings. The van der Waals surface area contributed by atoms with Crippen LogP contribution in [-0.4, -0.2) is 23.2 Å². The van der Waals surface area contributed by atoms with E-state index in [-0.39, 0.29) is 16.8 Å². The van der Waals surface area contributed by atoms with Crippen molar-refractivity contribution < 1.29 is 4.79 Å². The lowest BCUT2D eigenvalue weighted by atomic mass is 10.2. The van der Waals surface area contributed by atoms with Crippen LogP contribution >= 0.6 is 11.6 Å². The molecule has 5 nitrogen and oxygen atoms in total. The molecule has 1 heterocycles. The summed E-state index contributed by atoms with van der Waals surface area (Å²) in [6.07, 6.45) is 0. The minimum Gasteiger partial charge on any atom is -0.310 e. The van der Waals surface area contributed by atoms with E-state index in [1.807, 2.05) is 6.07 Å². The third-order valence-corrected chi connectivity index (χ3v) is 2.72. The monoisotopic (exact) mass is 272 g/mol. The van der Waals surface area contributed by atoms with E-state index in [1.54, 1.807) is 31.3 Å². The lowest BCUT2D eigenvalue weighted by Gasteiger charge is -2.16. The summed E-state index contributed by atoms with van der Waals surface area (Å²) < 4.78 is 0. The first-order valence-corrected chi connectivity index (χ1v) is 5.77. The van der Waals surface area contributed by atoms with E-state index in [0.29, 0.717) is 11.3 Å². The Labute approximate surface area is 115 Å². The number of nitrogens with zero attached hydrogens (tertiary/aromatic N) is 4. The van der Waals surface area contributed by atoms with Crippen LogP contribution < -0.4 is 4.90 Å². The van der Waals surface area contributed by atoms with E-state index < -0.39 is 0 Å². The molecule has 94 valence electrons. The van der Waals surface area contributed by atoms with Gasteiger partial charge in [0.05, 0.1) is 11.6 Å². The van der Waals surface area contributed by atoms with Crippen molar-refractivity contribution in [2.24, 2.45) is 0 Å². The van der Waals surface area contributed by atoms with Gasteiger partial charge < -0.3 is 4.90 Å². The first-order valence-electron chi connectivity index (χ1n) is 5.39. The van der Waals surface area contributed by atoms with Gasteiger partial charge in [0.15, 0.2) is 10.8 Å². The molecule has 1 aromatic carbocycles. The van der Waals surface area contributed by atoms with Crippen molar-refractivity contribution in [2.75, 3.05) is 11.9 Å². The van der Waals surface area contributed by atoms with Crippen molar-refractivity contribution in [1.82, 2.24) is 10.2 Å². The van der Waals surface area contributed by atoms with Gasteiger partial charge in [-0.25, -0.2) is 0 Å². The molecule has 0 atom stereocenters. The molecule has 0 fully saturated rings. The van der Waals surface area contributed by atoms with E-state index in [0.717, 1.165) is 0 Å². The third kappa shape index (κ3) is 2.87. The van der Waals surface area contributed by atoms with Crippen molar-refractivity contribution in [2.45, 2.75) is 0 Å². The van der Waals surface area contributed by atoms with E-state index >= 15 is 0 Å². The zero-order valence-corrected chi connectivity index (χ0v) is 10.8. The number of aromatic nitrogens is 2. The van der Waals surface area contributed by atoms with Gasteiger partial charge in [0.25, 0.3) is 5.91 Å². The predicted octanol–water partition coefficient (Wildman–Crippen LogP) is 2.28. The van der Waals surface area contributed by atoms with Gasteiger partial charge in [0, 0.05) is 12.7 Å². The molecule has 0 bridgehead atoms. The molecule has 0 aliphatic heterocycles. The summed E-state index contributed by atoms with van der Waals surface area (Å²) in [5, 5.41) is 16.4. The Hall–Kier alpha value is -2.45. The Morgan fingerprint density at radius 2 is 2.11 bits per heavy atom. The minimum absolute atomic E-state index is 0.189. The Kier molecular flexibility index (Phi) is 3.74. The van der Waals surface area contributed by atoms with Crippen LogP contribution in [0.4, 0.5) is 5.69 Å². The van der Waals surface area contributed by atoms with Crippen molar-refractivity contribution in [3.05, 3.63) is 52.8 Å². The van der Waals surface area contributed by atoms with Gasteiger partial charge in [-0.1, -0.05) is 17.7 Å². The normalized spacial score (nSPS) is 9.74. The quantitative estimate of drug-likeness (QED) is 0.841. The van der Waals surface area contributed by atoms with Crippen LogP contribution in [0.15, 0.2) is 36.4 Å². The second-order valence-electron chi connectivity index (χ2n) is 3.77. The maximum Gasteiger partial charge on any atom is 0.278 e.